The number of thiophene rings is 1. The van der Waals surface area contributed by atoms with Crippen molar-refractivity contribution in [3.63, 3.8) is 0 Å². The lowest BCUT2D eigenvalue weighted by Gasteiger charge is -2.03. The lowest BCUT2D eigenvalue weighted by molar-refractivity contribution is 0.466. The largest absolute Gasteiger partial charge is 0.508 e. The van der Waals surface area contributed by atoms with Gasteiger partial charge in [0.05, 0.1) is 4.88 Å². The first-order chi connectivity index (χ1) is 11.7. The maximum absolute atomic E-state index is 11.7. The number of hydrogen-bond acceptors (Lipinski definition) is 8. The third kappa shape index (κ3) is 2.93. The van der Waals surface area contributed by atoms with Crippen molar-refractivity contribution in [2.75, 3.05) is 0 Å². The Morgan fingerprint density at radius 1 is 1.17 bits per heavy atom. The van der Waals surface area contributed by atoms with Gasteiger partial charge in [-0.1, -0.05) is 17.8 Å². The Balaban J connectivity index is 1.60. The molecule has 3 heterocycles. The first-order valence-electron chi connectivity index (χ1n) is 6.95. The van der Waals surface area contributed by atoms with Crippen LogP contribution in [0, 0.1) is 0 Å². The molecule has 0 aliphatic carbocycles. The second-order valence-electron chi connectivity index (χ2n) is 4.91. The van der Waals surface area contributed by atoms with E-state index in [9.17, 15) is 9.90 Å². The van der Waals surface area contributed by atoms with Crippen molar-refractivity contribution in [3.8, 4) is 16.5 Å². The van der Waals surface area contributed by atoms with Gasteiger partial charge in [-0.2, -0.15) is 0 Å². The third-order valence-electron chi connectivity index (χ3n) is 3.30. The number of fused-ring (bicyclic) bond motifs is 1. The SMILES string of the molecule is O=c1cc(CSc2nnc(-c3cccs3)o2)c2ccc(O)cc2o1. The van der Waals surface area contributed by atoms with E-state index in [-0.39, 0.29) is 5.75 Å². The maximum Gasteiger partial charge on any atom is 0.336 e. The molecule has 3 aromatic heterocycles. The second-order valence-corrected chi connectivity index (χ2v) is 6.78. The lowest BCUT2D eigenvalue weighted by atomic mass is 10.1. The molecule has 6 nitrogen and oxygen atoms in total. The van der Waals surface area contributed by atoms with E-state index in [1.807, 2.05) is 17.5 Å². The molecule has 0 amide bonds. The zero-order valence-corrected chi connectivity index (χ0v) is 13.8. The van der Waals surface area contributed by atoms with Gasteiger partial charge in [0.2, 0.25) is 0 Å². The minimum atomic E-state index is -0.464. The van der Waals surface area contributed by atoms with E-state index in [4.69, 9.17) is 8.83 Å². The average Bonchev–Trinajstić information content (AvgIpc) is 3.23. The van der Waals surface area contributed by atoms with Crippen LogP contribution in [-0.2, 0) is 5.75 Å². The van der Waals surface area contributed by atoms with Gasteiger partial charge in [-0.15, -0.1) is 21.5 Å². The van der Waals surface area contributed by atoms with E-state index in [0.717, 1.165) is 15.8 Å². The first kappa shape index (κ1) is 15.0. The Kier molecular flexibility index (Phi) is 3.83. The zero-order valence-electron chi connectivity index (χ0n) is 12.1. The van der Waals surface area contributed by atoms with Crippen LogP contribution in [0.4, 0.5) is 0 Å². The molecule has 0 radical (unpaired) electrons. The van der Waals surface area contributed by atoms with Crippen LogP contribution in [0.1, 0.15) is 5.56 Å². The smallest absolute Gasteiger partial charge is 0.336 e. The zero-order chi connectivity index (χ0) is 16.5. The Bertz CT molecular complexity index is 1050. The molecule has 0 unspecified atom stereocenters. The van der Waals surface area contributed by atoms with Gasteiger partial charge in [0.1, 0.15) is 11.3 Å². The number of aromatic nitrogens is 2. The summed E-state index contributed by atoms with van der Waals surface area (Å²) < 4.78 is 10.7. The van der Waals surface area contributed by atoms with E-state index in [0.29, 0.717) is 22.4 Å². The molecule has 0 atom stereocenters. The van der Waals surface area contributed by atoms with Crippen LogP contribution in [0.15, 0.2) is 60.6 Å². The van der Waals surface area contributed by atoms with Crippen LogP contribution in [0.25, 0.3) is 21.7 Å². The summed E-state index contributed by atoms with van der Waals surface area (Å²) in [6.07, 6.45) is 0. The van der Waals surface area contributed by atoms with Crippen molar-refractivity contribution in [2.45, 2.75) is 11.0 Å². The number of rotatable bonds is 4. The molecule has 0 aliphatic rings. The maximum atomic E-state index is 11.7. The van der Waals surface area contributed by atoms with Crippen molar-refractivity contribution in [1.29, 1.82) is 0 Å². The van der Waals surface area contributed by atoms with Gasteiger partial charge in [0.15, 0.2) is 0 Å². The molecular weight excluding hydrogens is 348 g/mol. The fraction of sp³-hybridized carbons (Fsp3) is 0.0625. The topological polar surface area (TPSA) is 89.4 Å². The standard InChI is InChI=1S/C16H10N2O4S2/c19-10-3-4-11-9(6-14(20)21-12(11)7-10)8-24-16-18-17-15(22-16)13-2-1-5-23-13/h1-7,19H,8H2. The summed E-state index contributed by atoms with van der Waals surface area (Å²) in [4.78, 5) is 12.6. The molecular formula is C16H10N2O4S2. The lowest BCUT2D eigenvalue weighted by Crippen LogP contribution is -1.99. The third-order valence-corrected chi connectivity index (χ3v) is 5.03. The first-order valence-corrected chi connectivity index (χ1v) is 8.81. The average molecular weight is 358 g/mol. The summed E-state index contributed by atoms with van der Waals surface area (Å²) in [7, 11) is 0. The molecule has 8 heteroatoms. The molecule has 0 bridgehead atoms. The minimum Gasteiger partial charge on any atom is -0.508 e. The van der Waals surface area contributed by atoms with Crippen LogP contribution >= 0.6 is 23.1 Å². The van der Waals surface area contributed by atoms with Gasteiger partial charge < -0.3 is 13.9 Å². The normalized spacial score (nSPS) is 11.2. The van der Waals surface area contributed by atoms with E-state index in [1.54, 1.807) is 12.1 Å². The van der Waals surface area contributed by atoms with E-state index in [1.165, 1.54) is 35.2 Å². The van der Waals surface area contributed by atoms with Gasteiger partial charge in [-0.3, -0.25) is 0 Å². The molecule has 0 fully saturated rings. The molecule has 0 spiro atoms. The van der Waals surface area contributed by atoms with Crippen molar-refractivity contribution in [2.24, 2.45) is 0 Å². The van der Waals surface area contributed by atoms with Gasteiger partial charge in [-0.05, 0) is 29.1 Å². The number of thioether (sulfide) groups is 1. The molecule has 4 rings (SSSR count). The predicted octanol–water partition coefficient (Wildman–Crippen LogP) is 3.90. The number of benzene rings is 1. The molecule has 0 saturated carbocycles. The van der Waals surface area contributed by atoms with Crippen LogP contribution in [0.5, 0.6) is 5.75 Å². The minimum absolute atomic E-state index is 0.0490. The predicted molar refractivity (Wildman–Crippen MR) is 91.3 cm³/mol. The van der Waals surface area contributed by atoms with Crippen molar-refractivity contribution in [3.05, 3.63) is 57.8 Å². The highest BCUT2D eigenvalue weighted by Gasteiger charge is 2.12. The number of phenols is 1. The summed E-state index contributed by atoms with van der Waals surface area (Å²) in [6.45, 7) is 0. The highest BCUT2D eigenvalue weighted by Crippen LogP contribution is 2.30. The molecule has 0 saturated heterocycles. The van der Waals surface area contributed by atoms with Crippen molar-refractivity contribution >= 4 is 34.1 Å². The van der Waals surface area contributed by atoms with Crippen LogP contribution in [0.2, 0.25) is 0 Å². The summed E-state index contributed by atoms with van der Waals surface area (Å²) in [5.74, 6) is 1.00. The summed E-state index contributed by atoms with van der Waals surface area (Å²) in [6, 6.07) is 9.96. The van der Waals surface area contributed by atoms with E-state index < -0.39 is 5.63 Å². The van der Waals surface area contributed by atoms with Crippen molar-refractivity contribution in [1.82, 2.24) is 10.2 Å². The molecule has 0 aliphatic heterocycles. The Morgan fingerprint density at radius 3 is 2.92 bits per heavy atom. The fourth-order valence-corrected chi connectivity index (χ4v) is 3.64. The van der Waals surface area contributed by atoms with Gasteiger partial charge in [-0.25, -0.2) is 4.79 Å². The number of hydrogen-bond donors (Lipinski definition) is 1. The van der Waals surface area contributed by atoms with Crippen LogP contribution in [-0.4, -0.2) is 15.3 Å². The van der Waals surface area contributed by atoms with E-state index in [2.05, 4.69) is 10.2 Å². The van der Waals surface area contributed by atoms with Crippen molar-refractivity contribution < 1.29 is 13.9 Å². The van der Waals surface area contributed by atoms with Gasteiger partial charge in [0.25, 0.3) is 11.1 Å². The van der Waals surface area contributed by atoms with Crippen LogP contribution in [0.3, 0.4) is 0 Å². The molecule has 120 valence electrons. The van der Waals surface area contributed by atoms with Gasteiger partial charge >= 0.3 is 5.63 Å². The quantitative estimate of drug-likeness (QED) is 0.437. The second kappa shape index (κ2) is 6.14. The van der Waals surface area contributed by atoms with Crippen LogP contribution < -0.4 is 5.63 Å². The van der Waals surface area contributed by atoms with E-state index >= 15 is 0 Å². The highest BCUT2D eigenvalue weighted by molar-refractivity contribution is 7.98. The number of aromatic hydroxyl groups is 1. The Morgan fingerprint density at radius 2 is 2.08 bits per heavy atom. The molecule has 4 aromatic rings. The number of nitrogens with zero attached hydrogens (tertiary/aromatic N) is 2. The van der Waals surface area contributed by atoms with Gasteiger partial charge in [0, 0.05) is 23.3 Å². The summed E-state index contributed by atoms with van der Waals surface area (Å²) >= 11 is 2.87. The molecule has 24 heavy (non-hydrogen) atoms. The molecule has 1 N–H and O–H groups in total. The monoisotopic (exact) mass is 358 g/mol. The summed E-state index contributed by atoms with van der Waals surface area (Å²) in [5.41, 5.74) is 0.665. The molecule has 1 aromatic carbocycles. The fourth-order valence-electron chi connectivity index (χ4n) is 2.25. The highest BCUT2D eigenvalue weighted by atomic mass is 32.2. The number of phenolic OH excluding ortho intramolecular Hbond substituents is 1. The Hall–Kier alpha value is -2.58. The summed E-state index contributed by atoms with van der Waals surface area (Å²) in [5, 5.41) is 20.7. The Labute approximate surface area is 143 Å².